The lowest BCUT2D eigenvalue weighted by Gasteiger charge is -2.01. The molecule has 5 nitrogen and oxygen atoms in total. The molecule has 0 saturated carbocycles. The monoisotopic (exact) mass is 314 g/mol. The van der Waals surface area contributed by atoms with Gasteiger partial charge in [-0.15, -0.1) is 11.3 Å². The molecule has 0 unspecified atom stereocenters. The van der Waals surface area contributed by atoms with Crippen molar-refractivity contribution in [2.45, 2.75) is 19.9 Å². The third-order valence-corrected chi connectivity index (χ3v) is 4.18. The largest absolute Gasteiger partial charge is 0.457 e. The first kappa shape index (κ1) is 14.6. The number of thiazole rings is 1. The highest BCUT2D eigenvalue weighted by molar-refractivity contribution is 7.21. The zero-order chi connectivity index (χ0) is 15.4. The number of aromatic nitrogens is 1. The molecule has 0 fully saturated rings. The lowest BCUT2D eigenvalue weighted by Crippen LogP contribution is -2.32. The molecular formula is C16H18N4OS. The molecule has 114 valence electrons. The molecule has 3 aromatic rings. The average molecular weight is 314 g/mol. The number of hydrogen-bond donors (Lipinski definition) is 2. The van der Waals surface area contributed by atoms with Crippen LogP contribution >= 0.6 is 11.3 Å². The van der Waals surface area contributed by atoms with Crippen LogP contribution in [0.1, 0.15) is 19.1 Å². The maximum absolute atomic E-state index is 5.81. The van der Waals surface area contributed by atoms with Gasteiger partial charge in [-0.2, -0.15) is 0 Å². The second kappa shape index (κ2) is 6.62. The van der Waals surface area contributed by atoms with Crippen LogP contribution in [0.25, 0.3) is 21.0 Å². The Labute approximate surface area is 132 Å². The van der Waals surface area contributed by atoms with E-state index in [4.69, 9.17) is 10.2 Å². The van der Waals surface area contributed by atoms with Crippen LogP contribution in [0.4, 0.5) is 0 Å². The number of aliphatic imine (C=N–C) groups is 1. The van der Waals surface area contributed by atoms with E-state index in [0.717, 1.165) is 39.7 Å². The highest BCUT2D eigenvalue weighted by atomic mass is 32.1. The van der Waals surface area contributed by atoms with Gasteiger partial charge in [-0.05, 0) is 30.7 Å². The molecule has 0 aliphatic carbocycles. The predicted molar refractivity (Wildman–Crippen MR) is 90.9 cm³/mol. The Morgan fingerprint density at radius 2 is 2.18 bits per heavy atom. The molecular weight excluding hydrogens is 296 g/mol. The highest BCUT2D eigenvalue weighted by Crippen LogP contribution is 2.31. The summed E-state index contributed by atoms with van der Waals surface area (Å²) in [7, 11) is 0. The van der Waals surface area contributed by atoms with E-state index in [-0.39, 0.29) is 0 Å². The summed E-state index contributed by atoms with van der Waals surface area (Å²) in [6, 6.07) is 11.9. The minimum atomic E-state index is 0.424. The van der Waals surface area contributed by atoms with Gasteiger partial charge >= 0.3 is 0 Å². The fraction of sp³-hybridized carbons (Fsp3) is 0.250. The van der Waals surface area contributed by atoms with Crippen LogP contribution in [0.5, 0.6) is 0 Å². The van der Waals surface area contributed by atoms with E-state index in [0.29, 0.717) is 12.5 Å². The number of furan rings is 1. The molecule has 0 spiro atoms. The maximum Gasteiger partial charge on any atom is 0.189 e. The van der Waals surface area contributed by atoms with Crippen molar-refractivity contribution in [1.82, 2.24) is 10.3 Å². The van der Waals surface area contributed by atoms with Crippen LogP contribution < -0.4 is 11.1 Å². The number of para-hydroxylation sites is 1. The summed E-state index contributed by atoms with van der Waals surface area (Å²) < 4.78 is 6.97. The first-order chi connectivity index (χ1) is 10.8. The molecule has 0 amide bonds. The van der Waals surface area contributed by atoms with E-state index in [2.05, 4.69) is 28.3 Å². The summed E-state index contributed by atoms with van der Waals surface area (Å²) >= 11 is 1.62. The van der Waals surface area contributed by atoms with Crippen molar-refractivity contribution >= 4 is 27.5 Å². The van der Waals surface area contributed by atoms with Crippen molar-refractivity contribution in [2.24, 2.45) is 10.7 Å². The van der Waals surface area contributed by atoms with E-state index in [1.807, 2.05) is 30.3 Å². The Bertz CT molecular complexity index is 757. The van der Waals surface area contributed by atoms with Crippen molar-refractivity contribution in [3.63, 3.8) is 0 Å². The molecule has 22 heavy (non-hydrogen) atoms. The summed E-state index contributed by atoms with van der Waals surface area (Å²) in [5, 5.41) is 3.92. The standard InChI is InChI=1S/C16H18N4OS/c1-2-9-18-16(17)19-10-11-7-8-13(21-11)15-20-12-5-3-4-6-14(12)22-15/h3-8H,2,9-10H2,1H3,(H3,17,18,19). The maximum atomic E-state index is 5.81. The van der Waals surface area contributed by atoms with Crippen molar-refractivity contribution in [2.75, 3.05) is 6.54 Å². The third-order valence-electron chi connectivity index (χ3n) is 3.13. The van der Waals surface area contributed by atoms with Crippen molar-refractivity contribution in [3.8, 4) is 10.8 Å². The topological polar surface area (TPSA) is 76.4 Å². The van der Waals surface area contributed by atoms with Crippen LogP contribution in [-0.4, -0.2) is 17.5 Å². The fourth-order valence-corrected chi connectivity index (χ4v) is 2.95. The van der Waals surface area contributed by atoms with Crippen molar-refractivity contribution in [1.29, 1.82) is 0 Å². The molecule has 2 aromatic heterocycles. The summed E-state index contributed by atoms with van der Waals surface area (Å²) in [6.45, 7) is 3.33. The molecule has 0 radical (unpaired) electrons. The normalized spacial score (nSPS) is 12.0. The Balaban J connectivity index is 1.73. The number of nitrogens with zero attached hydrogens (tertiary/aromatic N) is 2. The molecule has 0 bridgehead atoms. The molecule has 0 saturated heterocycles. The molecule has 2 heterocycles. The quantitative estimate of drug-likeness (QED) is 0.559. The second-order valence-electron chi connectivity index (χ2n) is 4.88. The Hall–Kier alpha value is -2.34. The fourth-order valence-electron chi connectivity index (χ4n) is 2.03. The minimum absolute atomic E-state index is 0.424. The average Bonchev–Trinajstić information content (AvgIpc) is 3.16. The zero-order valence-electron chi connectivity index (χ0n) is 12.4. The van der Waals surface area contributed by atoms with Gasteiger partial charge in [-0.1, -0.05) is 19.1 Å². The zero-order valence-corrected chi connectivity index (χ0v) is 13.2. The van der Waals surface area contributed by atoms with Gasteiger partial charge in [0.05, 0.1) is 10.2 Å². The lowest BCUT2D eigenvalue weighted by atomic mass is 10.3. The molecule has 6 heteroatoms. The highest BCUT2D eigenvalue weighted by Gasteiger charge is 2.10. The Morgan fingerprint density at radius 3 is 3.00 bits per heavy atom. The van der Waals surface area contributed by atoms with Gasteiger partial charge < -0.3 is 15.5 Å². The van der Waals surface area contributed by atoms with Gasteiger partial charge in [0.2, 0.25) is 0 Å². The number of nitrogens with one attached hydrogen (secondary N) is 1. The van der Waals surface area contributed by atoms with Crippen LogP contribution in [-0.2, 0) is 6.54 Å². The van der Waals surface area contributed by atoms with E-state index < -0.39 is 0 Å². The van der Waals surface area contributed by atoms with E-state index in [1.54, 1.807) is 11.3 Å². The number of fused-ring (bicyclic) bond motifs is 1. The van der Waals surface area contributed by atoms with Crippen molar-refractivity contribution < 1.29 is 4.42 Å². The summed E-state index contributed by atoms with van der Waals surface area (Å²) in [5.41, 5.74) is 6.76. The number of benzene rings is 1. The molecule has 3 N–H and O–H groups in total. The SMILES string of the molecule is CCCNC(N)=NCc1ccc(-c2nc3ccccc3s2)o1. The van der Waals surface area contributed by atoms with Gasteiger partial charge in [0, 0.05) is 6.54 Å². The van der Waals surface area contributed by atoms with E-state index >= 15 is 0 Å². The first-order valence-corrected chi connectivity index (χ1v) is 8.06. The number of guanidine groups is 1. The number of hydrogen-bond acceptors (Lipinski definition) is 4. The summed E-state index contributed by atoms with van der Waals surface area (Å²) in [6.07, 6.45) is 1.01. The van der Waals surface area contributed by atoms with Crippen LogP contribution in [0.15, 0.2) is 45.8 Å². The summed E-state index contributed by atoms with van der Waals surface area (Å²) in [5.74, 6) is 1.99. The Morgan fingerprint density at radius 1 is 1.32 bits per heavy atom. The number of rotatable bonds is 5. The molecule has 3 rings (SSSR count). The minimum Gasteiger partial charge on any atom is -0.457 e. The lowest BCUT2D eigenvalue weighted by molar-refractivity contribution is 0.525. The molecule has 0 aliphatic rings. The van der Waals surface area contributed by atoms with Crippen molar-refractivity contribution in [3.05, 3.63) is 42.2 Å². The second-order valence-corrected chi connectivity index (χ2v) is 5.91. The smallest absolute Gasteiger partial charge is 0.189 e. The van der Waals surface area contributed by atoms with Gasteiger partial charge in [0.15, 0.2) is 16.7 Å². The van der Waals surface area contributed by atoms with Gasteiger partial charge in [0.25, 0.3) is 0 Å². The van der Waals surface area contributed by atoms with Crippen LogP contribution in [0.3, 0.4) is 0 Å². The van der Waals surface area contributed by atoms with Gasteiger partial charge in [0.1, 0.15) is 12.3 Å². The van der Waals surface area contributed by atoms with E-state index in [9.17, 15) is 0 Å². The number of nitrogens with two attached hydrogens (primary N) is 1. The van der Waals surface area contributed by atoms with Crippen LogP contribution in [0, 0.1) is 0 Å². The molecule has 0 atom stereocenters. The first-order valence-electron chi connectivity index (χ1n) is 7.24. The Kier molecular flexibility index (Phi) is 4.39. The van der Waals surface area contributed by atoms with Gasteiger partial charge in [-0.3, -0.25) is 0 Å². The molecule has 0 aliphatic heterocycles. The van der Waals surface area contributed by atoms with Gasteiger partial charge in [-0.25, -0.2) is 9.98 Å². The third kappa shape index (κ3) is 3.28. The molecule has 1 aromatic carbocycles. The van der Waals surface area contributed by atoms with Crippen LogP contribution in [0.2, 0.25) is 0 Å². The predicted octanol–water partition coefficient (Wildman–Crippen LogP) is 3.37. The van der Waals surface area contributed by atoms with E-state index in [1.165, 1.54) is 0 Å². The summed E-state index contributed by atoms with van der Waals surface area (Å²) in [4.78, 5) is 8.84.